The predicted molar refractivity (Wildman–Crippen MR) is 72.6 cm³/mol. The molecule has 0 bridgehead atoms. The van der Waals surface area contributed by atoms with Crippen LogP contribution in [0.25, 0.3) is 0 Å². The Bertz CT molecular complexity index is 422. The average Bonchev–Trinajstić information content (AvgIpc) is 2.44. The van der Waals surface area contributed by atoms with E-state index in [0.29, 0.717) is 24.4 Å². The number of carbonyl (C=O) groups is 1. The molecule has 0 aliphatic rings. The second-order valence-corrected chi connectivity index (χ2v) is 4.59. The summed E-state index contributed by atoms with van der Waals surface area (Å²) in [6, 6.07) is 6.59. The van der Waals surface area contributed by atoms with Crippen LogP contribution >= 0.6 is 0 Å². The fraction of sp³-hybridized carbons (Fsp3) is 0.500. The molecule has 0 amide bonds. The van der Waals surface area contributed by atoms with E-state index in [0.717, 1.165) is 0 Å². The van der Waals surface area contributed by atoms with Crippen LogP contribution in [-0.2, 0) is 4.74 Å². The highest BCUT2D eigenvalue weighted by Gasteiger charge is 2.10. The highest BCUT2D eigenvalue weighted by atomic mass is 16.5. The third kappa shape index (κ3) is 6.01. The van der Waals surface area contributed by atoms with Crippen molar-refractivity contribution in [3.8, 4) is 5.75 Å². The van der Waals surface area contributed by atoms with Crippen LogP contribution in [0.15, 0.2) is 24.3 Å². The molecule has 0 aliphatic carbocycles. The molecule has 1 rings (SSSR count). The first-order valence-electron chi connectivity index (χ1n) is 6.52. The number of rotatable bonds is 8. The number of hydrogen-bond donors (Lipinski definition) is 3. The molecule has 1 aromatic rings. The van der Waals surface area contributed by atoms with E-state index in [1.807, 2.05) is 5.32 Å². The van der Waals surface area contributed by atoms with E-state index in [9.17, 15) is 9.90 Å². The summed E-state index contributed by atoms with van der Waals surface area (Å²) < 4.78 is 10.0. The molecule has 0 aromatic heterocycles. The van der Waals surface area contributed by atoms with E-state index in [1.54, 1.807) is 31.2 Å². The lowest BCUT2D eigenvalue weighted by atomic mass is 10.2. The number of ether oxygens (including phenoxy) is 2. The number of nitrogens with two attached hydrogens (primary N) is 1. The van der Waals surface area contributed by atoms with Crippen molar-refractivity contribution in [2.45, 2.75) is 19.1 Å². The monoisotopic (exact) mass is 284 g/mol. The summed E-state index contributed by atoms with van der Waals surface area (Å²) in [4.78, 5) is 11.4. The molecule has 0 unspecified atom stereocenters. The number of methoxy groups -OCH3 is 1. The summed E-state index contributed by atoms with van der Waals surface area (Å²) in [5.41, 5.74) is 0.403. The first-order valence-corrected chi connectivity index (χ1v) is 6.52. The quantitative estimate of drug-likeness (QED) is 0.541. The Labute approximate surface area is 118 Å². The van der Waals surface area contributed by atoms with E-state index >= 15 is 0 Å². The van der Waals surface area contributed by atoms with Crippen LogP contribution in [0.3, 0.4) is 0 Å². The zero-order valence-corrected chi connectivity index (χ0v) is 11.8. The van der Waals surface area contributed by atoms with Crippen molar-refractivity contribution in [3.05, 3.63) is 29.8 Å². The summed E-state index contributed by atoms with van der Waals surface area (Å²) in [5.74, 6) is 0.0729. The van der Waals surface area contributed by atoms with Crippen LogP contribution in [0.1, 0.15) is 17.3 Å². The lowest BCUT2D eigenvalue weighted by Gasteiger charge is -2.12. The normalized spacial score (nSPS) is 13.6. The fourth-order valence-corrected chi connectivity index (χ4v) is 1.62. The molecule has 112 valence electrons. The first kappa shape index (κ1) is 16.4. The zero-order valence-electron chi connectivity index (χ0n) is 11.8. The number of quaternary nitrogens is 1. The minimum atomic E-state index is -0.643. The molecule has 0 aliphatic heterocycles. The summed E-state index contributed by atoms with van der Waals surface area (Å²) >= 11 is 0. The topological polar surface area (TPSA) is 92.6 Å². The third-order valence-corrected chi connectivity index (χ3v) is 2.64. The van der Waals surface area contributed by atoms with Gasteiger partial charge in [0, 0.05) is 0 Å². The molecule has 0 radical (unpaired) electrons. The van der Waals surface area contributed by atoms with Gasteiger partial charge in [-0.3, -0.25) is 0 Å². The summed E-state index contributed by atoms with van der Waals surface area (Å²) in [7, 11) is 1.32. The molecule has 0 saturated carbocycles. The van der Waals surface area contributed by atoms with Crippen LogP contribution in [-0.4, -0.2) is 55.2 Å². The van der Waals surface area contributed by atoms with Crippen LogP contribution in [0.2, 0.25) is 0 Å². The molecule has 20 heavy (non-hydrogen) atoms. The van der Waals surface area contributed by atoms with Gasteiger partial charge in [0.15, 0.2) is 0 Å². The number of carbonyl (C=O) groups excluding carboxylic acids is 1. The Hall–Kier alpha value is -1.63. The standard InChI is InChI=1S/C14H21NO5/c1-10(16)7-15-8-12(17)9-20-13-5-3-4-11(6-13)14(18)19-2/h3-6,10,12,15-17H,7-9H2,1-2H3/p+1/t10-,12+/m1/s1. The van der Waals surface area contributed by atoms with Gasteiger partial charge in [0.2, 0.25) is 0 Å². The van der Waals surface area contributed by atoms with Gasteiger partial charge < -0.3 is 25.0 Å². The second-order valence-electron chi connectivity index (χ2n) is 4.59. The summed E-state index contributed by atoms with van der Waals surface area (Å²) in [5, 5.41) is 20.6. The second kappa shape index (κ2) is 8.52. The van der Waals surface area contributed by atoms with Gasteiger partial charge in [0.1, 0.15) is 31.5 Å². The van der Waals surface area contributed by atoms with E-state index in [-0.39, 0.29) is 6.61 Å². The maximum Gasteiger partial charge on any atom is 0.337 e. The van der Waals surface area contributed by atoms with Crippen LogP contribution in [0.5, 0.6) is 5.75 Å². The van der Waals surface area contributed by atoms with E-state index in [2.05, 4.69) is 4.74 Å². The molecular weight excluding hydrogens is 262 g/mol. The van der Waals surface area contributed by atoms with E-state index in [1.165, 1.54) is 7.11 Å². The lowest BCUT2D eigenvalue weighted by Crippen LogP contribution is -2.88. The van der Waals surface area contributed by atoms with Crippen LogP contribution in [0, 0.1) is 0 Å². The number of aliphatic hydroxyl groups excluding tert-OH is 2. The Balaban J connectivity index is 2.39. The van der Waals surface area contributed by atoms with Crippen molar-refractivity contribution < 1.29 is 29.8 Å². The van der Waals surface area contributed by atoms with Gasteiger partial charge >= 0.3 is 5.97 Å². The maximum absolute atomic E-state index is 11.4. The number of esters is 1. The molecule has 0 saturated heterocycles. The molecule has 0 spiro atoms. The zero-order chi connectivity index (χ0) is 15.0. The predicted octanol–water partition coefficient (Wildman–Crippen LogP) is -0.843. The van der Waals surface area contributed by atoms with Crippen molar-refractivity contribution in [2.75, 3.05) is 26.8 Å². The Morgan fingerprint density at radius 1 is 1.35 bits per heavy atom. The molecule has 6 nitrogen and oxygen atoms in total. The molecule has 1 aromatic carbocycles. The van der Waals surface area contributed by atoms with Crippen molar-refractivity contribution in [1.82, 2.24) is 0 Å². The van der Waals surface area contributed by atoms with Gasteiger partial charge in [-0.2, -0.15) is 0 Å². The van der Waals surface area contributed by atoms with Crippen molar-refractivity contribution >= 4 is 5.97 Å². The first-order chi connectivity index (χ1) is 9.52. The molecule has 4 N–H and O–H groups in total. The number of hydrogen-bond acceptors (Lipinski definition) is 5. The van der Waals surface area contributed by atoms with Gasteiger partial charge in [-0.25, -0.2) is 4.79 Å². The van der Waals surface area contributed by atoms with Crippen molar-refractivity contribution in [2.24, 2.45) is 0 Å². The smallest absolute Gasteiger partial charge is 0.337 e. The molecule has 0 heterocycles. The minimum absolute atomic E-state index is 0.126. The fourth-order valence-electron chi connectivity index (χ4n) is 1.62. The van der Waals surface area contributed by atoms with E-state index < -0.39 is 18.2 Å². The van der Waals surface area contributed by atoms with Crippen LogP contribution < -0.4 is 10.1 Å². The summed E-state index contributed by atoms with van der Waals surface area (Å²) in [6.45, 7) is 2.80. The number of benzene rings is 1. The minimum Gasteiger partial charge on any atom is -0.491 e. The van der Waals surface area contributed by atoms with E-state index in [4.69, 9.17) is 9.84 Å². The van der Waals surface area contributed by atoms with Gasteiger partial charge in [-0.1, -0.05) is 6.07 Å². The molecular formula is C14H22NO5+. The average molecular weight is 284 g/mol. The van der Waals surface area contributed by atoms with Crippen molar-refractivity contribution in [3.63, 3.8) is 0 Å². The lowest BCUT2D eigenvalue weighted by molar-refractivity contribution is -0.666. The van der Waals surface area contributed by atoms with Gasteiger partial charge in [0.25, 0.3) is 0 Å². The van der Waals surface area contributed by atoms with Crippen LogP contribution in [0.4, 0.5) is 0 Å². The van der Waals surface area contributed by atoms with Gasteiger partial charge in [0.05, 0.1) is 18.8 Å². The largest absolute Gasteiger partial charge is 0.491 e. The Morgan fingerprint density at radius 2 is 2.10 bits per heavy atom. The maximum atomic E-state index is 11.4. The third-order valence-electron chi connectivity index (χ3n) is 2.64. The number of aliphatic hydroxyl groups is 2. The Kier molecular flexibility index (Phi) is 7.00. The summed E-state index contributed by atoms with van der Waals surface area (Å²) in [6.07, 6.45) is -1.05. The van der Waals surface area contributed by atoms with Crippen molar-refractivity contribution in [1.29, 1.82) is 0 Å². The molecule has 0 fully saturated rings. The molecule has 2 atom stereocenters. The van der Waals surface area contributed by atoms with Gasteiger partial charge in [-0.05, 0) is 25.1 Å². The Morgan fingerprint density at radius 3 is 2.75 bits per heavy atom. The molecule has 6 heteroatoms. The highest BCUT2D eigenvalue weighted by Crippen LogP contribution is 2.14. The SMILES string of the molecule is COC(=O)c1cccc(OC[C@@H](O)C[NH2+]C[C@@H](C)O)c1. The highest BCUT2D eigenvalue weighted by molar-refractivity contribution is 5.89. The van der Waals surface area contributed by atoms with Gasteiger partial charge in [-0.15, -0.1) is 0 Å².